The molecule has 1 aromatic rings. The topological polar surface area (TPSA) is 64.3 Å². The van der Waals surface area contributed by atoms with Crippen molar-refractivity contribution in [2.75, 3.05) is 12.0 Å². The number of nitrogen functional groups attached to an aromatic ring is 1. The fourth-order valence-corrected chi connectivity index (χ4v) is 1.41. The van der Waals surface area contributed by atoms with E-state index in [1.807, 2.05) is 0 Å². The minimum Gasteiger partial charge on any atom is -0.462 e. The number of anilines is 1. The van der Waals surface area contributed by atoms with Gasteiger partial charge in [-0.2, -0.15) is 0 Å². The Bertz CT molecular complexity index is 355. The number of nitrogens with one attached hydrogen (secondary N) is 1. The summed E-state index contributed by atoms with van der Waals surface area (Å²) >= 11 is 5.71. The molecule has 5 heteroatoms. The smallest absolute Gasteiger partial charge is 0.338 e. The first-order chi connectivity index (χ1) is 7.22. The number of rotatable bonds is 4. The Labute approximate surface area is 93.3 Å². The summed E-state index contributed by atoms with van der Waals surface area (Å²) in [6, 6.07) is 5.12. The average Bonchev–Trinajstić information content (AvgIpc) is 2.28. The third-order valence-corrected chi connectivity index (χ3v) is 2.20. The minimum atomic E-state index is -0.384. The molecule has 0 aliphatic carbocycles. The second-order valence-electron chi connectivity index (χ2n) is 2.87. The molecular weight excluding hydrogens is 216 g/mol. The van der Waals surface area contributed by atoms with Crippen molar-refractivity contribution in [3.63, 3.8) is 0 Å². The zero-order valence-electron chi connectivity index (χ0n) is 8.42. The summed E-state index contributed by atoms with van der Waals surface area (Å²) in [5.41, 5.74) is 4.29. The Morgan fingerprint density at radius 3 is 2.87 bits per heavy atom. The molecule has 0 radical (unpaired) electrons. The third kappa shape index (κ3) is 2.84. The maximum Gasteiger partial charge on any atom is 0.338 e. The molecule has 0 fully saturated rings. The van der Waals surface area contributed by atoms with E-state index in [4.69, 9.17) is 22.2 Å². The van der Waals surface area contributed by atoms with E-state index in [0.717, 1.165) is 5.56 Å². The highest BCUT2D eigenvalue weighted by molar-refractivity contribution is 6.17. The quantitative estimate of drug-likeness (QED) is 0.358. The molecular formula is C10H13ClN2O2. The zero-order valence-corrected chi connectivity index (χ0v) is 9.17. The summed E-state index contributed by atoms with van der Waals surface area (Å²) in [7, 11) is 0. The summed E-state index contributed by atoms with van der Waals surface area (Å²) in [6.07, 6.45) is 0. The Kier molecular flexibility index (Phi) is 4.39. The Balaban J connectivity index is 3.05. The molecule has 0 saturated heterocycles. The Morgan fingerprint density at radius 2 is 2.33 bits per heavy atom. The monoisotopic (exact) mass is 228 g/mol. The van der Waals surface area contributed by atoms with Gasteiger partial charge in [0.1, 0.15) is 0 Å². The number of esters is 1. The van der Waals surface area contributed by atoms with Crippen LogP contribution in [0.2, 0.25) is 0 Å². The number of benzene rings is 1. The summed E-state index contributed by atoms with van der Waals surface area (Å²) in [5.74, 6) is 5.13. The average molecular weight is 229 g/mol. The van der Waals surface area contributed by atoms with Crippen molar-refractivity contribution < 1.29 is 9.53 Å². The number of carbonyl (C=O) groups is 1. The van der Waals surface area contributed by atoms with Crippen LogP contribution >= 0.6 is 11.6 Å². The maximum atomic E-state index is 11.5. The molecule has 4 nitrogen and oxygen atoms in total. The van der Waals surface area contributed by atoms with Crippen molar-refractivity contribution in [2.24, 2.45) is 5.84 Å². The van der Waals surface area contributed by atoms with E-state index in [1.165, 1.54) is 0 Å². The number of hydrazine groups is 1. The molecule has 0 saturated carbocycles. The van der Waals surface area contributed by atoms with E-state index in [-0.39, 0.29) is 11.8 Å². The normalized spacial score (nSPS) is 9.80. The fraction of sp³-hybridized carbons (Fsp3) is 0.300. The van der Waals surface area contributed by atoms with Gasteiger partial charge >= 0.3 is 5.97 Å². The molecule has 0 spiro atoms. The van der Waals surface area contributed by atoms with E-state index in [9.17, 15) is 4.79 Å². The van der Waals surface area contributed by atoms with E-state index in [1.54, 1.807) is 25.1 Å². The first kappa shape index (κ1) is 11.8. The van der Waals surface area contributed by atoms with Crippen LogP contribution in [0.5, 0.6) is 0 Å². The summed E-state index contributed by atoms with van der Waals surface area (Å²) in [4.78, 5) is 11.5. The number of nitrogens with two attached hydrogens (primary N) is 1. The lowest BCUT2D eigenvalue weighted by Crippen LogP contribution is -2.11. The SMILES string of the molecule is CCOC(=O)c1cc(NN)ccc1CCl. The van der Waals surface area contributed by atoms with Crippen LogP contribution in [0.1, 0.15) is 22.8 Å². The largest absolute Gasteiger partial charge is 0.462 e. The molecule has 15 heavy (non-hydrogen) atoms. The molecule has 0 amide bonds. The van der Waals surface area contributed by atoms with Gasteiger partial charge < -0.3 is 10.2 Å². The Morgan fingerprint density at radius 1 is 1.60 bits per heavy atom. The Hall–Kier alpha value is -1.26. The lowest BCUT2D eigenvalue weighted by molar-refractivity contribution is 0.0525. The van der Waals surface area contributed by atoms with Crippen LogP contribution in [0.3, 0.4) is 0 Å². The fourth-order valence-electron chi connectivity index (χ4n) is 1.18. The van der Waals surface area contributed by atoms with Crippen molar-refractivity contribution in [3.8, 4) is 0 Å². The van der Waals surface area contributed by atoms with Crippen LogP contribution in [0.25, 0.3) is 0 Å². The molecule has 0 heterocycles. The molecule has 0 aliphatic rings. The number of carbonyl (C=O) groups excluding carboxylic acids is 1. The van der Waals surface area contributed by atoms with Crippen LogP contribution in [0.4, 0.5) is 5.69 Å². The van der Waals surface area contributed by atoms with Gasteiger partial charge in [0.2, 0.25) is 0 Å². The van der Waals surface area contributed by atoms with Crippen molar-refractivity contribution in [2.45, 2.75) is 12.8 Å². The minimum absolute atomic E-state index is 0.263. The number of ether oxygens (including phenoxy) is 1. The van der Waals surface area contributed by atoms with Gasteiger partial charge in [-0.05, 0) is 24.6 Å². The second-order valence-corrected chi connectivity index (χ2v) is 3.14. The van der Waals surface area contributed by atoms with Gasteiger partial charge in [0.25, 0.3) is 0 Å². The molecule has 0 aromatic heterocycles. The predicted molar refractivity (Wildman–Crippen MR) is 59.8 cm³/mol. The molecule has 0 atom stereocenters. The number of hydrogen-bond donors (Lipinski definition) is 2. The highest BCUT2D eigenvalue weighted by Crippen LogP contribution is 2.18. The lowest BCUT2D eigenvalue weighted by Gasteiger charge is -2.08. The molecule has 1 rings (SSSR count). The molecule has 0 unspecified atom stereocenters. The van der Waals surface area contributed by atoms with E-state index in [2.05, 4.69) is 5.43 Å². The second kappa shape index (κ2) is 5.58. The maximum absolute atomic E-state index is 11.5. The first-order valence-electron chi connectivity index (χ1n) is 4.55. The molecule has 1 aromatic carbocycles. The first-order valence-corrected chi connectivity index (χ1v) is 5.09. The molecule has 3 N–H and O–H groups in total. The number of halogens is 1. The van der Waals surface area contributed by atoms with Gasteiger partial charge in [-0.15, -0.1) is 11.6 Å². The van der Waals surface area contributed by atoms with E-state index < -0.39 is 0 Å². The van der Waals surface area contributed by atoms with Crippen molar-refractivity contribution in [1.82, 2.24) is 0 Å². The van der Waals surface area contributed by atoms with Crippen LogP contribution in [-0.4, -0.2) is 12.6 Å². The van der Waals surface area contributed by atoms with Crippen molar-refractivity contribution in [3.05, 3.63) is 29.3 Å². The highest BCUT2D eigenvalue weighted by Gasteiger charge is 2.12. The van der Waals surface area contributed by atoms with Crippen LogP contribution in [0, 0.1) is 0 Å². The van der Waals surface area contributed by atoms with E-state index in [0.29, 0.717) is 17.9 Å². The van der Waals surface area contributed by atoms with Gasteiger partial charge in [0.05, 0.1) is 12.2 Å². The third-order valence-electron chi connectivity index (χ3n) is 1.92. The summed E-state index contributed by atoms with van der Waals surface area (Å²) < 4.78 is 4.90. The van der Waals surface area contributed by atoms with Gasteiger partial charge in [-0.1, -0.05) is 6.07 Å². The summed E-state index contributed by atoms with van der Waals surface area (Å²) in [5, 5.41) is 0. The van der Waals surface area contributed by atoms with Gasteiger partial charge in [0, 0.05) is 11.6 Å². The van der Waals surface area contributed by atoms with Crippen LogP contribution in [-0.2, 0) is 10.6 Å². The molecule has 0 bridgehead atoms. The van der Waals surface area contributed by atoms with Gasteiger partial charge in [-0.25, -0.2) is 4.79 Å². The predicted octanol–water partition coefficient (Wildman–Crippen LogP) is 1.89. The highest BCUT2D eigenvalue weighted by atomic mass is 35.5. The molecule has 0 aliphatic heterocycles. The van der Waals surface area contributed by atoms with Gasteiger partial charge in [-0.3, -0.25) is 5.84 Å². The number of hydrogen-bond acceptors (Lipinski definition) is 4. The van der Waals surface area contributed by atoms with Crippen LogP contribution in [0.15, 0.2) is 18.2 Å². The van der Waals surface area contributed by atoms with Gasteiger partial charge in [0.15, 0.2) is 0 Å². The van der Waals surface area contributed by atoms with E-state index >= 15 is 0 Å². The summed E-state index contributed by atoms with van der Waals surface area (Å²) in [6.45, 7) is 2.09. The molecule has 82 valence electrons. The number of alkyl halides is 1. The standard InChI is InChI=1S/C10H13ClN2O2/c1-2-15-10(14)9-5-8(13-12)4-3-7(9)6-11/h3-5,13H,2,6,12H2,1H3. The zero-order chi connectivity index (χ0) is 11.3. The van der Waals surface area contributed by atoms with Crippen LogP contribution < -0.4 is 11.3 Å². The van der Waals surface area contributed by atoms with Crippen molar-refractivity contribution in [1.29, 1.82) is 0 Å². The lowest BCUT2D eigenvalue weighted by atomic mass is 10.1. The van der Waals surface area contributed by atoms with Crippen molar-refractivity contribution >= 4 is 23.3 Å².